The lowest BCUT2D eigenvalue weighted by molar-refractivity contribution is 0.471. The molecule has 0 saturated heterocycles. The molecule has 1 heteroatoms. The molecule has 0 bridgehead atoms. The molecule has 3 rings (SSSR count). The molecule has 1 N–H and O–H groups in total. The van der Waals surface area contributed by atoms with E-state index in [1.54, 1.807) is 6.07 Å². The van der Waals surface area contributed by atoms with Gasteiger partial charge in [-0.2, -0.15) is 0 Å². The van der Waals surface area contributed by atoms with Crippen LogP contribution in [0.25, 0.3) is 10.8 Å². The van der Waals surface area contributed by atoms with Gasteiger partial charge in [0, 0.05) is 0 Å². The van der Waals surface area contributed by atoms with Crippen LogP contribution in [0.4, 0.5) is 0 Å². The number of benzene rings is 3. The molecule has 0 unspecified atom stereocenters. The van der Waals surface area contributed by atoms with Crippen molar-refractivity contribution < 1.29 is 5.11 Å². The second-order valence-electron chi connectivity index (χ2n) is 5.02. The fourth-order valence-corrected chi connectivity index (χ4v) is 2.10. The summed E-state index contributed by atoms with van der Waals surface area (Å²) in [6.45, 7) is 6.20. The first-order chi connectivity index (χ1) is 9.59. The molecule has 0 aliphatic rings. The molecule has 0 aliphatic carbocycles. The molecule has 3 aromatic carbocycles. The molecule has 110 valence electrons. The van der Waals surface area contributed by atoms with Crippen molar-refractivity contribution in [2.24, 2.45) is 0 Å². The lowest BCUT2D eigenvalue weighted by Crippen LogP contribution is -1.82. The number of rotatable bonds is 0. The number of phenolic OH excluding ortho intramolecular Hbond substituents is 1. The summed E-state index contributed by atoms with van der Waals surface area (Å²) in [6.07, 6.45) is 0. The smallest absolute Gasteiger partial charge is 0.118 e. The largest absolute Gasteiger partial charge is 0.508 e. The van der Waals surface area contributed by atoms with Gasteiger partial charge in [0.1, 0.15) is 5.75 Å². The van der Waals surface area contributed by atoms with Crippen LogP contribution < -0.4 is 0 Å². The fraction of sp³-hybridized carbons (Fsp3) is 0.200. The number of para-hydroxylation sites is 1. The zero-order valence-electron chi connectivity index (χ0n) is 12.2. The Labute approximate surface area is 127 Å². The zero-order valence-corrected chi connectivity index (χ0v) is 12.2. The normalized spacial score (nSPS) is 9.48. The first-order valence-corrected chi connectivity index (χ1v) is 6.79. The number of aromatic hydroxyl groups is 1. The van der Waals surface area contributed by atoms with Gasteiger partial charge >= 0.3 is 0 Å². The van der Waals surface area contributed by atoms with E-state index in [0.717, 1.165) is 5.56 Å². The van der Waals surface area contributed by atoms with Crippen molar-refractivity contribution in [3.8, 4) is 5.75 Å². The molecule has 3 aromatic rings. The van der Waals surface area contributed by atoms with Crippen LogP contribution in [0.3, 0.4) is 0 Å². The minimum atomic E-state index is 0. The zero-order chi connectivity index (χ0) is 14.5. The van der Waals surface area contributed by atoms with Crippen molar-refractivity contribution in [1.29, 1.82) is 0 Å². The van der Waals surface area contributed by atoms with Crippen molar-refractivity contribution in [2.45, 2.75) is 28.2 Å². The quantitative estimate of drug-likeness (QED) is 0.552. The van der Waals surface area contributed by atoms with Gasteiger partial charge in [-0.3, -0.25) is 0 Å². The van der Waals surface area contributed by atoms with E-state index >= 15 is 0 Å². The van der Waals surface area contributed by atoms with Gasteiger partial charge in [0.25, 0.3) is 0 Å². The maximum atomic E-state index is 8.92. The van der Waals surface area contributed by atoms with Gasteiger partial charge in [-0.25, -0.2) is 0 Å². The van der Waals surface area contributed by atoms with Crippen LogP contribution in [0.1, 0.15) is 24.1 Å². The topological polar surface area (TPSA) is 20.2 Å². The molecule has 0 fully saturated rings. The Hall–Kier alpha value is -2.28. The Morgan fingerprint density at radius 1 is 0.667 bits per heavy atom. The van der Waals surface area contributed by atoms with Gasteiger partial charge in [0.2, 0.25) is 0 Å². The van der Waals surface area contributed by atoms with Crippen LogP contribution in [0.5, 0.6) is 5.75 Å². The molecule has 0 aliphatic heterocycles. The molecule has 21 heavy (non-hydrogen) atoms. The number of hydrogen-bond donors (Lipinski definition) is 1. The van der Waals surface area contributed by atoms with E-state index in [2.05, 4.69) is 50.2 Å². The van der Waals surface area contributed by atoms with Crippen molar-refractivity contribution >= 4 is 10.8 Å². The maximum absolute atomic E-state index is 8.92. The van der Waals surface area contributed by atoms with E-state index in [1.807, 2.05) is 25.1 Å². The molecule has 0 aromatic heterocycles. The van der Waals surface area contributed by atoms with Gasteiger partial charge in [-0.05, 0) is 54.3 Å². The van der Waals surface area contributed by atoms with E-state index in [4.69, 9.17) is 5.11 Å². The van der Waals surface area contributed by atoms with Crippen LogP contribution in [0, 0.1) is 20.8 Å². The summed E-state index contributed by atoms with van der Waals surface area (Å²) in [5.74, 6) is 0.368. The average molecular weight is 280 g/mol. The van der Waals surface area contributed by atoms with Crippen molar-refractivity contribution in [3.05, 3.63) is 77.4 Å². The van der Waals surface area contributed by atoms with Crippen LogP contribution in [0.2, 0.25) is 0 Å². The van der Waals surface area contributed by atoms with Crippen molar-refractivity contribution in [2.75, 3.05) is 0 Å². The molecule has 0 heterocycles. The van der Waals surface area contributed by atoms with Gasteiger partial charge in [0.05, 0.1) is 0 Å². The second-order valence-corrected chi connectivity index (χ2v) is 5.02. The summed E-state index contributed by atoms with van der Waals surface area (Å²) in [4.78, 5) is 0. The standard InChI is InChI=1S/C12H12.C7H8O.CH4/c1-9-7-8-11-5-3-4-6-12(11)10(9)2;1-6-4-2-3-5-7(6)8;/h3-8H,1-2H3;2-5,8H,1H3;1H4. The van der Waals surface area contributed by atoms with E-state index in [0.29, 0.717) is 5.75 Å². The average Bonchev–Trinajstić information content (AvgIpc) is 2.47. The predicted molar refractivity (Wildman–Crippen MR) is 93.0 cm³/mol. The minimum absolute atomic E-state index is 0. The van der Waals surface area contributed by atoms with Gasteiger partial charge in [-0.1, -0.05) is 62.0 Å². The number of aryl methyl sites for hydroxylation is 3. The van der Waals surface area contributed by atoms with Crippen LogP contribution in [-0.2, 0) is 0 Å². The third-order valence-corrected chi connectivity index (χ3v) is 3.58. The Kier molecular flexibility index (Phi) is 5.98. The molecular weight excluding hydrogens is 256 g/mol. The summed E-state index contributed by atoms with van der Waals surface area (Å²) in [6, 6.07) is 20.1. The molecular formula is C20H24O. The SMILES string of the molecule is C.Cc1ccc2ccccc2c1C.Cc1ccccc1O. The number of phenols is 1. The Morgan fingerprint density at radius 2 is 1.29 bits per heavy atom. The summed E-state index contributed by atoms with van der Waals surface area (Å²) < 4.78 is 0. The van der Waals surface area contributed by atoms with E-state index in [-0.39, 0.29) is 7.43 Å². The van der Waals surface area contributed by atoms with Gasteiger partial charge in [0.15, 0.2) is 0 Å². The van der Waals surface area contributed by atoms with Gasteiger partial charge < -0.3 is 5.11 Å². The van der Waals surface area contributed by atoms with Crippen molar-refractivity contribution in [3.63, 3.8) is 0 Å². The Balaban J connectivity index is 0.000000216. The first kappa shape index (κ1) is 16.8. The number of hydrogen-bond acceptors (Lipinski definition) is 1. The monoisotopic (exact) mass is 280 g/mol. The highest BCUT2D eigenvalue weighted by atomic mass is 16.3. The summed E-state index contributed by atoms with van der Waals surface area (Å²) in [7, 11) is 0. The third kappa shape index (κ3) is 4.09. The van der Waals surface area contributed by atoms with E-state index in [9.17, 15) is 0 Å². The highest BCUT2D eigenvalue weighted by Crippen LogP contribution is 2.20. The molecule has 0 amide bonds. The van der Waals surface area contributed by atoms with Crippen LogP contribution >= 0.6 is 0 Å². The predicted octanol–water partition coefficient (Wildman–Crippen LogP) is 5.79. The summed E-state index contributed by atoms with van der Waals surface area (Å²) >= 11 is 0. The molecule has 0 radical (unpaired) electrons. The molecule has 0 spiro atoms. The van der Waals surface area contributed by atoms with Gasteiger partial charge in [-0.15, -0.1) is 0 Å². The lowest BCUT2D eigenvalue weighted by atomic mass is 10.0. The fourth-order valence-electron chi connectivity index (χ4n) is 2.10. The molecule has 0 saturated carbocycles. The maximum Gasteiger partial charge on any atom is 0.118 e. The Morgan fingerprint density at radius 3 is 1.90 bits per heavy atom. The highest BCUT2D eigenvalue weighted by molar-refractivity contribution is 5.86. The second kappa shape index (κ2) is 7.49. The van der Waals surface area contributed by atoms with E-state index < -0.39 is 0 Å². The number of fused-ring (bicyclic) bond motifs is 1. The summed E-state index contributed by atoms with van der Waals surface area (Å²) in [5.41, 5.74) is 3.69. The van der Waals surface area contributed by atoms with Crippen molar-refractivity contribution in [1.82, 2.24) is 0 Å². The van der Waals surface area contributed by atoms with Crippen LogP contribution in [0.15, 0.2) is 60.7 Å². The van der Waals surface area contributed by atoms with E-state index in [1.165, 1.54) is 21.9 Å². The first-order valence-electron chi connectivity index (χ1n) is 6.79. The molecule has 1 nitrogen and oxygen atoms in total. The minimum Gasteiger partial charge on any atom is -0.508 e. The van der Waals surface area contributed by atoms with Crippen LogP contribution in [-0.4, -0.2) is 5.11 Å². The summed E-state index contributed by atoms with van der Waals surface area (Å²) in [5, 5.41) is 11.6. The third-order valence-electron chi connectivity index (χ3n) is 3.58. The Bertz CT molecular complexity index is 693. The molecule has 0 atom stereocenters. The lowest BCUT2D eigenvalue weighted by Gasteiger charge is -2.04. The highest BCUT2D eigenvalue weighted by Gasteiger charge is 1.97.